The summed E-state index contributed by atoms with van der Waals surface area (Å²) in [7, 11) is -3.17. The van der Waals surface area contributed by atoms with Crippen LogP contribution in [0.4, 0.5) is 0 Å². The maximum absolute atomic E-state index is 10.1. The molecule has 0 aliphatic rings. The molecule has 0 heterocycles. The Morgan fingerprint density at radius 3 is 2.10 bits per heavy atom. The Kier molecular flexibility index (Phi) is 6.61. The van der Waals surface area contributed by atoms with Crippen molar-refractivity contribution in [2.75, 3.05) is 12.9 Å². The van der Waals surface area contributed by atoms with Gasteiger partial charge >= 0.3 is 35.5 Å². The van der Waals surface area contributed by atoms with Crippen LogP contribution in [0.3, 0.4) is 0 Å². The summed E-state index contributed by atoms with van der Waals surface area (Å²) in [5.41, 5.74) is 0. The average Bonchev–Trinajstić information content (AvgIpc) is 1.62. The fourth-order valence-corrected chi connectivity index (χ4v) is 0.624. The van der Waals surface area contributed by atoms with Crippen LogP contribution in [0.25, 0.3) is 0 Å². The van der Waals surface area contributed by atoms with Gasteiger partial charge in [-0.05, 0) is 0 Å². The summed E-state index contributed by atoms with van der Waals surface area (Å²) in [6.07, 6.45) is 0. The van der Waals surface area contributed by atoms with Gasteiger partial charge in [-0.3, -0.25) is 9.35 Å². The molecular weight excluding hydrogens is 171 g/mol. The monoisotopic (exact) mass is 178 g/mol. The Bertz CT molecular complexity index is 195. The van der Waals surface area contributed by atoms with Crippen LogP contribution < -0.4 is 0 Å². The minimum absolute atomic E-state index is 0. The van der Waals surface area contributed by atoms with Crippen LogP contribution in [-0.4, -0.2) is 61.4 Å². The van der Waals surface area contributed by atoms with E-state index in [1.54, 1.807) is 0 Å². The number of ether oxygens (including phenoxy) is 1. The molecule has 0 spiro atoms. The van der Waals surface area contributed by atoms with Gasteiger partial charge in [-0.15, -0.1) is 0 Å². The number of hydrogen-bond donors (Lipinski definition) is 1. The van der Waals surface area contributed by atoms with Crippen molar-refractivity contribution in [3.63, 3.8) is 0 Å². The first-order valence-electron chi connectivity index (χ1n) is 1.97. The predicted octanol–water partition coefficient (Wildman–Crippen LogP) is -1.60. The Morgan fingerprint density at radius 2 is 2.00 bits per heavy atom. The van der Waals surface area contributed by atoms with E-state index in [2.05, 4.69) is 4.74 Å². The molecule has 0 atom stereocenters. The molecule has 0 aromatic rings. The second-order valence-electron chi connectivity index (χ2n) is 1.30. The van der Waals surface area contributed by atoms with Crippen molar-refractivity contribution in [3.8, 4) is 0 Å². The van der Waals surface area contributed by atoms with Crippen LogP contribution in [0.1, 0.15) is 0 Å². The van der Waals surface area contributed by atoms with Gasteiger partial charge in [0, 0.05) is 0 Å². The van der Waals surface area contributed by atoms with Crippen molar-refractivity contribution in [1.82, 2.24) is 0 Å². The van der Waals surface area contributed by atoms with E-state index in [-0.39, 0.29) is 29.6 Å². The molecule has 0 amide bonds. The summed E-state index contributed by atoms with van der Waals surface area (Å²) in [4.78, 5) is 10.1. The van der Waals surface area contributed by atoms with Gasteiger partial charge in [0.2, 0.25) is 0 Å². The van der Waals surface area contributed by atoms with Crippen LogP contribution in [-0.2, 0) is 19.6 Å². The maximum atomic E-state index is 10.1. The summed E-state index contributed by atoms with van der Waals surface area (Å²) in [6.45, 7) is 0. The van der Waals surface area contributed by atoms with Crippen LogP contribution >= 0.6 is 0 Å². The van der Waals surface area contributed by atoms with Crippen LogP contribution in [0.2, 0.25) is 0 Å². The van der Waals surface area contributed by atoms with Crippen LogP contribution in [0, 0.1) is 0 Å². The molecule has 0 rings (SSSR count). The minimum atomic E-state index is -4.21. The number of esters is 1. The summed E-state index contributed by atoms with van der Waals surface area (Å²) in [5, 5.41) is 0. The third-order valence-electron chi connectivity index (χ3n) is 0.528. The molecule has 0 bridgehead atoms. The van der Waals surface area contributed by atoms with Gasteiger partial charge < -0.3 is 4.74 Å². The zero-order chi connectivity index (χ0) is 7.49. The standard InChI is InChI=1S/C3H6O5S.Na.H/c1-8-3(4)2-9(5,6)7;;/h2H2,1H3,(H,5,6,7);;. The van der Waals surface area contributed by atoms with E-state index in [1.807, 2.05) is 0 Å². The topological polar surface area (TPSA) is 80.7 Å². The Balaban J connectivity index is 0. The number of methoxy groups -OCH3 is 1. The number of carbonyl (C=O) groups excluding carboxylic acids is 1. The normalized spacial score (nSPS) is 9.80. The zero-order valence-corrected chi connectivity index (χ0v) is 5.51. The molecule has 0 aromatic heterocycles. The number of hydrogen-bond acceptors (Lipinski definition) is 4. The fraction of sp³-hybridized carbons (Fsp3) is 0.667. The second kappa shape index (κ2) is 5.09. The van der Waals surface area contributed by atoms with E-state index in [0.29, 0.717) is 0 Å². The molecule has 0 unspecified atom stereocenters. The molecule has 0 aliphatic heterocycles. The van der Waals surface area contributed by atoms with E-state index < -0.39 is 21.8 Å². The van der Waals surface area contributed by atoms with Crippen LogP contribution in [0.5, 0.6) is 0 Å². The van der Waals surface area contributed by atoms with Crippen molar-refractivity contribution in [2.24, 2.45) is 0 Å². The van der Waals surface area contributed by atoms with Crippen LogP contribution in [0.15, 0.2) is 0 Å². The van der Waals surface area contributed by atoms with E-state index >= 15 is 0 Å². The van der Waals surface area contributed by atoms with Crippen molar-refractivity contribution < 1.29 is 22.5 Å². The number of carbonyl (C=O) groups is 1. The zero-order valence-electron chi connectivity index (χ0n) is 4.70. The van der Waals surface area contributed by atoms with E-state index in [0.717, 1.165) is 7.11 Å². The molecule has 0 fully saturated rings. The molecular formula is C3H7NaO5S. The van der Waals surface area contributed by atoms with Crippen molar-refractivity contribution >= 4 is 45.6 Å². The van der Waals surface area contributed by atoms with Gasteiger partial charge in [-0.1, -0.05) is 0 Å². The molecule has 1 N–H and O–H groups in total. The third kappa shape index (κ3) is 8.38. The fourth-order valence-electron chi connectivity index (χ4n) is 0.208. The van der Waals surface area contributed by atoms with Gasteiger partial charge in [0.05, 0.1) is 7.11 Å². The second-order valence-corrected chi connectivity index (χ2v) is 2.75. The molecule has 0 saturated carbocycles. The molecule has 7 heteroatoms. The predicted molar refractivity (Wildman–Crippen MR) is 35.6 cm³/mol. The summed E-state index contributed by atoms with van der Waals surface area (Å²) >= 11 is 0. The first-order valence-corrected chi connectivity index (χ1v) is 3.58. The molecule has 56 valence electrons. The molecule has 5 nitrogen and oxygen atoms in total. The summed E-state index contributed by atoms with van der Waals surface area (Å²) in [5.74, 6) is -1.96. The third-order valence-corrected chi connectivity index (χ3v) is 1.13. The average molecular weight is 178 g/mol. The van der Waals surface area contributed by atoms with Crippen molar-refractivity contribution in [2.45, 2.75) is 0 Å². The number of rotatable bonds is 2. The van der Waals surface area contributed by atoms with E-state index in [9.17, 15) is 13.2 Å². The summed E-state index contributed by atoms with van der Waals surface area (Å²) < 4.78 is 31.6. The molecule has 0 saturated heterocycles. The van der Waals surface area contributed by atoms with Crippen molar-refractivity contribution in [3.05, 3.63) is 0 Å². The first-order chi connectivity index (χ1) is 3.95. The Hall–Kier alpha value is 0.380. The van der Waals surface area contributed by atoms with E-state index in [4.69, 9.17) is 4.55 Å². The quantitative estimate of drug-likeness (QED) is 0.313. The van der Waals surface area contributed by atoms with Crippen molar-refractivity contribution in [1.29, 1.82) is 0 Å². The molecule has 10 heavy (non-hydrogen) atoms. The van der Waals surface area contributed by atoms with Gasteiger partial charge in [0.15, 0.2) is 5.75 Å². The first kappa shape index (κ1) is 13.0. The van der Waals surface area contributed by atoms with Gasteiger partial charge in [0.1, 0.15) is 0 Å². The molecule has 0 aromatic carbocycles. The Labute approximate surface area is 80.8 Å². The Morgan fingerprint density at radius 1 is 1.60 bits per heavy atom. The molecule has 0 aliphatic carbocycles. The summed E-state index contributed by atoms with van der Waals surface area (Å²) in [6, 6.07) is 0. The van der Waals surface area contributed by atoms with Gasteiger partial charge in [-0.25, -0.2) is 0 Å². The van der Waals surface area contributed by atoms with Gasteiger partial charge in [0.25, 0.3) is 10.1 Å². The van der Waals surface area contributed by atoms with E-state index in [1.165, 1.54) is 0 Å². The SMILES string of the molecule is COC(=O)CS(=O)(=O)O.[NaH]. The molecule has 0 radical (unpaired) electrons. The van der Waals surface area contributed by atoms with Gasteiger partial charge in [-0.2, -0.15) is 8.42 Å².